The van der Waals surface area contributed by atoms with Gasteiger partial charge >= 0.3 is 0 Å². The lowest BCUT2D eigenvalue weighted by atomic mass is 9.81. The van der Waals surface area contributed by atoms with Crippen molar-refractivity contribution >= 4 is 11.0 Å². The van der Waals surface area contributed by atoms with Gasteiger partial charge in [-0.05, 0) is 31.4 Å². The molecule has 29 nitrogen and oxygen atoms in total. The molecule has 3 aromatic rings. The van der Waals surface area contributed by atoms with Gasteiger partial charge in [-0.1, -0.05) is 6.92 Å². The molecule has 4 saturated heterocycles. The van der Waals surface area contributed by atoms with E-state index in [0.717, 1.165) is 24.3 Å². The summed E-state index contributed by atoms with van der Waals surface area (Å²) >= 11 is 0. The second-order valence-corrected chi connectivity index (χ2v) is 19.2. The fourth-order valence-corrected chi connectivity index (χ4v) is 9.60. The average molecular weight is 1080 g/mol. The minimum atomic E-state index is -2.08. The Balaban J connectivity index is 1.10. The molecule has 75 heavy (non-hydrogen) atoms. The molecule has 4 aliphatic heterocycles. The van der Waals surface area contributed by atoms with Gasteiger partial charge in [0.25, 0.3) is 0 Å². The first kappa shape index (κ1) is 56.8. The Morgan fingerprint density at radius 1 is 0.560 bits per heavy atom. The lowest BCUT2D eigenvalue weighted by Gasteiger charge is -2.48. The van der Waals surface area contributed by atoms with E-state index in [-0.39, 0.29) is 6.42 Å². The van der Waals surface area contributed by atoms with E-state index >= 15 is 0 Å². The van der Waals surface area contributed by atoms with Crippen molar-refractivity contribution in [1.82, 2.24) is 0 Å². The van der Waals surface area contributed by atoms with E-state index in [0.29, 0.717) is 0 Å². The zero-order chi connectivity index (χ0) is 54.6. The van der Waals surface area contributed by atoms with Crippen molar-refractivity contribution in [2.24, 2.45) is 5.92 Å². The van der Waals surface area contributed by atoms with Crippen molar-refractivity contribution < 1.29 is 139 Å². The first-order chi connectivity index (χ1) is 35.4. The topological polar surface area (TPSA) is 466 Å². The largest absolute Gasteiger partial charge is 0.508 e. The van der Waals surface area contributed by atoms with Crippen LogP contribution in [0.4, 0.5) is 0 Å². The summed E-state index contributed by atoms with van der Waals surface area (Å²) < 4.78 is 63.3. The maximum Gasteiger partial charge on any atom is 0.239 e. The molecule has 29 heteroatoms. The van der Waals surface area contributed by atoms with Gasteiger partial charge in [-0.2, -0.15) is 0 Å². The maximum atomic E-state index is 14.5. The first-order valence-electron chi connectivity index (χ1n) is 23.7. The van der Waals surface area contributed by atoms with Crippen LogP contribution in [0.5, 0.6) is 34.5 Å². The molecule has 5 fully saturated rings. The number of ether oxygens (including phenoxy) is 10. The van der Waals surface area contributed by atoms with Gasteiger partial charge in [0, 0.05) is 24.8 Å². The van der Waals surface area contributed by atoms with Crippen molar-refractivity contribution in [1.29, 1.82) is 0 Å². The maximum absolute atomic E-state index is 14.5. The molecule has 0 radical (unpaired) electrons. The molecule has 1 aliphatic carbocycles. The van der Waals surface area contributed by atoms with Crippen molar-refractivity contribution in [2.75, 3.05) is 26.9 Å². The molecule has 420 valence electrons. The number of hydrogen-bond donors (Lipinski definition) is 17. The molecule has 1 saturated carbocycles. The van der Waals surface area contributed by atoms with Crippen molar-refractivity contribution in [3.63, 3.8) is 0 Å². The highest BCUT2D eigenvalue weighted by Crippen LogP contribution is 2.45. The van der Waals surface area contributed by atoms with E-state index in [1.807, 2.05) is 0 Å². The van der Waals surface area contributed by atoms with Gasteiger partial charge in [0.2, 0.25) is 29.5 Å². The summed E-state index contributed by atoms with van der Waals surface area (Å²) in [6.45, 7) is 1.11. The minimum absolute atomic E-state index is 0.0697. The van der Waals surface area contributed by atoms with Gasteiger partial charge in [0.1, 0.15) is 114 Å². The number of aliphatic hydroxyl groups excluding tert-OH is 13. The number of phenols is 4. The number of benzene rings is 2. The third-order valence-corrected chi connectivity index (χ3v) is 13.9. The Kier molecular flexibility index (Phi) is 17.3. The fourth-order valence-electron chi connectivity index (χ4n) is 9.60. The standard InChI is InChI=1S/C46H62O29/c1-12-4-20(27(54)32(59)25(12)52)68-23-11-66-43(36(63)30(23)57)72-39-17(50)5-14(6-18(39)51)38-40(31(58)24-16(49)7-15(48)8-19(24)69-38)73-45-41(34(61)26(53)13(2)67-45)75-46-42(35(62)29(56)22(71-46)10-65-3)74-44-37(64)33(60)28(55)21(9-47)70-44/h5-8,12-13,20-23,25-30,32-37,41-57,59-64H,4,9-11H2,1-3H3/t12-,13+,20-,21-,22-,23-,25+,26+,27+,28-,29-,30+,32-,33+,34-,35+,36-,37-,41-,42-,43+,44+,45+,46+/m1/s1. The van der Waals surface area contributed by atoms with Crippen molar-refractivity contribution in [3.05, 3.63) is 34.5 Å². The van der Waals surface area contributed by atoms with Gasteiger partial charge < -0.3 is 139 Å². The zero-order valence-corrected chi connectivity index (χ0v) is 40.0. The SMILES string of the molecule is COC[C@H]1O[C@@H](O[C@H]2[C@H](Oc3c(-c4cc(O)c(O[C@@H]5OC[C@@H](O[C@@H]6C[C@@H](C)[C@H](O)[C@@H](O)[C@H]6O)[C@H](O)[C@H]5O)c(O)c4)oc4cc(O)cc(O)c4c3=O)O[C@@H](C)[C@H](O)[C@H]2O)[C@H](O[C@@H]2O[C@H](CO)[C@@H](O)[C@H](O)[C@H]2O)[C@@H](O)[C@@H]1O. The van der Waals surface area contributed by atoms with E-state index in [2.05, 4.69) is 0 Å². The zero-order valence-electron chi connectivity index (χ0n) is 40.0. The van der Waals surface area contributed by atoms with E-state index < -0.39 is 229 Å². The van der Waals surface area contributed by atoms with Crippen molar-refractivity contribution in [2.45, 2.75) is 161 Å². The number of hydrogen-bond acceptors (Lipinski definition) is 29. The Labute approximate surface area is 423 Å². The van der Waals surface area contributed by atoms with Crippen LogP contribution in [0.15, 0.2) is 33.5 Å². The average Bonchev–Trinajstić information content (AvgIpc) is 3.37. The van der Waals surface area contributed by atoms with E-state index in [1.165, 1.54) is 14.0 Å². The number of methoxy groups -OCH3 is 1. The Bertz CT molecular complexity index is 2470. The third kappa shape index (κ3) is 11.1. The van der Waals surface area contributed by atoms with Gasteiger partial charge in [-0.15, -0.1) is 0 Å². The van der Waals surface area contributed by atoms with Crippen LogP contribution in [0.3, 0.4) is 0 Å². The normalized spacial score (nSPS) is 41.6. The highest BCUT2D eigenvalue weighted by atomic mass is 16.8. The molecule has 8 rings (SSSR count). The number of aliphatic hydroxyl groups is 13. The van der Waals surface area contributed by atoms with Crippen LogP contribution in [0, 0.1) is 5.92 Å². The number of aromatic hydroxyl groups is 4. The van der Waals surface area contributed by atoms with Crippen LogP contribution in [-0.4, -0.2) is 255 Å². The number of fused-ring (bicyclic) bond motifs is 1. The smallest absolute Gasteiger partial charge is 0.239 e. The molecule has 2 aromatic carbocycles. The Hall–Kier alpha value is -4.39. The number of rotatable bonds is 14. The highest BCUT2D eigenvalue weighted by Gasteiger charge is 2.55. The second kappa shape index (κ2) is 22.9. The molecule has 0 spiro atoms. The Morgan fingerprint density at radius 2 is 1.13 bits per heavy atom. The molecule has 1 aromatic heterocycles. The Morgan fingerprint density at radius 3 is 1.80 bits per heavy atom. The van der Waals surface area contributed by atoms with Gasteiger partial charge in [0.15, 0.2) is 35.9 Å². The molecule has 5 aliphatic rings. The molecule has 17 N–H and O–H groups in total. The highest BCUT2D eigenvalue weighted by molar-refractivity contribution is 5.88. The molecule has 0 unspecified atom stereocenters. The summed E-state index contributed by atoms with van der Waals surface area (Å²) in [7, 11) is 1.22. The lowest BCUT2D eigenvalue weighted by Crippen LogP contribution is -2.67. The summed E-state index contributed by atoms with van der Waals surface area (Å²) in [6, 6.07) is 3.41. The molecule has 0 bridgehead atoms. The molecule has 5 heterocycles. The summed E-state index contributed by atoms with van der Waals surface area (Å²) in [5, 5.41) is 183. The van der Waals surface area contributed by atoms with Crippen LogP contribution in [0.1, 0.15) is 20.3 Å². The molecular weight excluding hydrogens is 1020 g/mol. The summed E-state index contributed by atoms with van der Waals surface area (Å²) in [4.78, 5) is 14.5. The van der Waals surface area contributed by atoms with Crippen LogP contribution in [0.25, 0.3) is 22.3 Å². The minimum Gasteiger partial charge on any atom is -0.508 e. The molecular formula is C46H62O29. The van der Waals surface area contributed by atoms with E-state index in [9.17, 15) is 91.6 Å². The molecule has 0 amide bonds. The first-order valence-corrected chi connectivity index (χ1v) is 23.7. The predicted octanol–water partition coefficient (Wildman–Crippen LogP) is -5.88. The van der Waals surface area contributed by atoms with Crippen LogP contribution in [-0.2, 0) is 37.9 Å². The van der Waals surface area contributed by atoms with Gasteiger partial charge in [-0.3, -0.25) is 4.79 Å². The quantitative estimate of drug-likeness (QED) is 0.0715. The van der Waals surface area contributed by atoms with Crippen LogP contribution >= 0.6 is 0 Å². The van der Waals surface area contributed by atoms with E-state index in [4.69, 9.17) is 51.8 Å². The van der Waals surface area contributed by atoms with Gasteiger partial charge in [-0.25, -0.2) is 0 Å². The van der Waals surface area contributed by atoms with Crippen LogP contribution in [0.2, 0.25) is 0 Å². The predicted molar refractivity (Wildman–Crippen MR) is 240 cm³/mol. The lowest BCUT2D eigenvalue weighted by molar-refractivity contribution is -0.388. The fraction of sp³-hybridized carbons (Fsp3) is 0.674. The molecule has 24 atom stereocenters. The second-order valence-electron chi connectivity index (χ2n) is 19.2. The van der Waals surface area contributed by atoms with Crippen molar-refractivity contribution in [3.8, 4) is 45.8 Å². The summed E-state index contributed by atoms with van der Waals surface area (Å²) in [5.41, 5.74) is -2.13. The summed E-state index contributed by atoms with van der Waals surface area (Å²) in [5.74, 6) is -6.18. The number of phenolic OH excluding ortho intramolecular Hbond substituents is 4. The summed E-state index contributed by atoms with van der Waals surface area (Å²) in [6.07, 6.45) is -40.1. The monoisotopic (exact) mass is 1080 g/mol. The third-order valence-electron chi connectivity index (χ3n) is 13.9. The van der Waals surface area contributed by atoms with Gasteiger partial charge in [0.05, 0.1) is 38.1 Å². The van der Waals surface area contributed by atoms with Crippen LogP contribution < -0.4 is 14.9 Å². The van der Waals surface area contributed by atoms with E-state index in [1.54, 1.807) is 6.92 Å².